The van der Waals surface area contributed by atoms with Crippen LogP contribution < -0.4 is 5.32 Å². The Morgan fingerprint density at radius 1 is 1.47 bits per heavy atom. The molecule has 0 bridgehead atoms. The predicted octanol–water partition coefficient (Wildman–Crippen LogP) is 0.995. The number of likely N-dealkylation sites (N-methyl/N-ethyl adjacent to an activating group) is 1. The molecule has 100 valence electrons. The SMILES string of the molecule is CCN(CC)CC(=O)NC1CCCC1(C)CO. The van der Waals surface area contributed by atoms with Crippen LogP contribution in [-0.4, -0.2) is 48.2 Å². The van der Waals surface area contributed by atoms with Crippen molar-refractivity contribution in [3.63, 3.8) is 0 Å². The van der Waals surface area contributed by atoms with Gasteiger partial charge in [-0.2, -0.15) is 0 Å². The third kappa shape index (κ3) is 3.68. The van der Waals surface area contributed by atoms with E-state index in [0.29, 0.717) is 6.54 Å². The summed E-state index contributed by atoms with van der Waals surface area (Å²) in [5, 5.41) is 12.5. The molecule has 0 saturated heterocycles. The van der Waals surface area contributed by atoms with E-state index < -0.39 is 0 Å². The summed E-state index contributed by atoms with van der Waals surface area (Å²) in [4.78, 5) is 14.0. The van der Waals surface area contributed by atoms with Crippen LogP contribution in [0, 0.1) is 5.41 Å². The minimum atomic E-state index is -0.126. The van der Waals surface area contributed by atoms with E-state index in [0.717, 1.165) is 32.4 Å². The van der Waals surface area contributed by atoms with Gasteiger partial charge in [0.05, 0.1) is 13.2 Å². The Labute approximate surface area is 104 Å². The van der Waals surface area contributed by atoms with Crippen LogP contribution in [0.4, 0.5) is 0 Å². The lowest BCUT2D eigenvalue weighted by Gasteiger charge is -2.30. The average molecular weight is 242 g/mol. The van der Waals surface area contributed by atoms with E-state index in [1.165, 1.54) is 0 Å². The van der Waals surface area contributed by atoms with Crippen LogP contribution in [0.25, 0.3) is 0 Å². The van der Waals surface area contributed by atoms with Crippen molar-refractivity contribution >= 4 is 5.91 Å². The zero-order valence-corrected chi connectivity index (χ0v) is 11.3. The van der Waals surface area contributed by atoms with E-state index in [4.69, 9.17) is 0 Å². The second-order valence-corrected chi connectivity index (χ2v) is 5.29. The maximum atomic E-state index is 11.9. The summed E-state index contributed by atoms with van der Waals surface area (Å²) < 4.78 is 0. The van der Waals surface area contributed by atoms with Crippen LogP contribution in [-0.2, 0) is 4.79 Å². The number of aliphatic hydroxyl groups excluding tert-OH is 1. The number of hydrogen-bond donors (Lipinski definition) is 2. The van der Waals surface area contributed by atoms with Crippen molar-refractivity contribution in [2.75, 3.05) is 26.2 Å². The number of amides is 1. The van der Waals surface area contributed by atoms with Crippen molar-refractivity contribution in [1.82, 2.24) is 10.2 Å². The van der Waals surface area contributed by atoms with Gasteiger partial charge in [-0.15, -0.1) is 0 Å². The van der Waals surface area contributed by atoms with Crippen LogP contribution in [0.2, 0.25) is 0 Å². The molecule has 0 aromatic heterocycles. The smallest absolute Gasteiger partial charge is 0.234 e. The van der Waals surface area contributed by atoms with E-state index in [-0.39, 0.29) is 24.0 Å². The highest BCUT2D eigenvalue weighted by atomic mass is 16.3. The molecule has 1 amide bonds. The Kier molecular flexibility index (Phi) is 5.40. The van der Waals surface area contributed by atoms with Crippen molar-refractivity contribution in [1.29, 1.82) is 0 Å². The normalized spacial score (nSPS) is 28.6. The lowest BCUT2D eigenvalue weighted by molar-refractivity contribution is -0.123. The molecular weight excluding hydrogens is 216 g/mol. The Morgan fingerprint density at radius 3 is 2.65 bits per heavy atom. The minimum Gasteiger partial charge on any atom is -0.396 e. The van der Waals surface area contributed by atoms with Gasteiger partial charge in [0.1, 0.15) is 0 Å². The third-order valence-electron chi connectivity index (χ3n) is 4.04. The van der Waals surface area contributed by atoms with Crippen molar-refractivity contribution < 1.29 is 9.90 Å². The number of nitrogens with one attached hydrogen (secondary N) is 1. The number of hydrogen-bond acceptors (Lipinski definition) is 3. The molecule has 0 aromatic carbocycles. The molecule has 2 N–H and O–H groups in total. The Balaban J connectivity index is 2.45. The van der Waals surface area contributed by atoms with Gasteiger partial charge in [0.25, 0.3) is 0 Å². The summed E-state index contributed by atoms with van der Waals surface area (Å²) in [6.07, 6.45) is 3.08. The van der Waals surface area contributed by atoms with Crippen LogP contribution in [0.5, 0.6) is 0 Å². The minimum absolute atomic E-state index is 0.0836. The molecule has 0 aliphatic heterocycles. The van der Waals surface area contributed by atoms with Crippen LogP contribution in [0.1, 0.15) is 40.0 Å². The number of carbonyl (C=O) groups is 1. The fraction of sp³-hybridized carbons (Fsp3) is 0.923. The fourth-order valence-electron chi connectivity index (χ4n) is 2.56. The van der Waals surface area contributed by atoms with Gasteiger partial charge in [0.2, 0.25) is 5.91 Å². The first-order valence-corrected chi connectivity index (χ1v) is 6.68. The summed E-state index contributed by atoms with van der Waals surface area (Å²) in [7, 11) is 0. The highest BCUT2D eigenvalue weighted by molar-refractivity contribution is 5.78. The van der Waals surface area contributed by atoms with Crippen LogP contribution in [0.15, 0.2) is 0 Å². The van der Waals surface area contributed by atoms with Crippen molar-refractivity contribution in [3.8, 4) is 0 Å². The van der Waals surface area contributed by atoms with Gasteiger partial charge in [0, 0.05) is 11.5 Å². The lowest BCUT2D eigenvalue weighted by Crippen LogP contribution is -2.48. The van der Waals surface area contributed by atoms with Gasteiger partial charge in [-0.25, -0.2) is 0 Å². The molecule has 0 radical (unpaired) electrons. The molecule has 4 heteroatoms. The summed E-state index contributed by atoms with van der Waals surface area (Å²) >= 11 is 0. The first-order valence-electron chi connectivity index (χ1n) is 6.68. The first-order chi connectivity index (χ1) is 8.05. The molecule has 0 aromatic rings. The average Bonchev–Trinajstić information content (AvgIpc) is 2.68. The zero-order valence-electron chi connectivity index (χ0n) is 11.3. The number of rotatable bonds is 6. The first kappa shape index (κ1) is 14.5. The second-order valence-electron chi connectivity index (χ2n) is 5.29. The van der Waals surface area contributed by atoms with Gasteiger partial charge < -0.3 is 10.4 Å². The number of aliphatic hydroxyl groups is 1. The van der Waals surface area contributed by atoms with Crippen molar-refractivity contribution in [3.05, 3.63) is 0 Å². The molecule has 1 saturated carbocycles. The summed E-state index contributed by atoms with van der Waals surface area (Å²) in [5.41, 5.74) is -0.126. The maximum Gasteiger partial charge on any atom is 0.234 e. The quantitative estimate of drug-likeness (QED) is 0.730. The Bertz CT molecular complexity index is 254. The monoisotopic (exact) mass is 242 g/mol. The molecule has 2 atom stereocenters. The van der Waals surface area contributed by atoms with Gasteiger partial charge in [-0.05, 0) is 25.9 Å². The van der Waals surface area contributed by atoms with Crippen LogP contribution >= 0.6 is 0 Å². The highest BCUT2D eigenvalue weighted by Gasteiger charge is 2.39. The van der Waals surface area contributed by atoms with Gasteiger partial charge in [0.15, 0.2) is 0 Å². The topological polar surface area (TPSA) is 52.6 Å². The Hall–Kier alpha value is -0.610. The van der Waals surface area contributed by atoms with Gasteiger partial charge in [-0.1, -0.05) is 27.2 Å². The number of carbonyl (C=O) groups excluding carboxylic acids is 1. The number of nitrogens with zero attached hydrogens (tertiary/aromatic N) is 1. The molecule has 1 rings (SSSR count). The summed E-state index contributed by atoms with van der Waals surface area (Å²) in [5.74, 6) is 0.0836. The molecule has 1 aliphatic carbocycles. The molecule has 2 unspecified atom stereocenters. The molecule has 1 aliphatic rings. The molecule has 0 heterocycles. The van der Waals surface area contributed by atoms with E-state index in [1.54, 1.807) is 0 Å². The maximum absolute atomic E-state index is 11.9. The lowest BCUT2D eigenvalue weighted by atomic mass is 9.86. The van der Waals surface area contributed by atoms with Crippen LogP contribution in [0.3, 0.4) is 0 Å². The van der Waals surface area contributed by atoms with E-state index in [9.17, 15) is 9.90 Å². The second kappa shape index (κ2) is 6.36. The predicted molar refractivity (Wildman–Crippen MR) is 68.8 cm³/mol. The standard InChI is InChI=1S/C13H26N2O2/c1-4-15(5-2)9-12(17)14-11-7-6-8-13(11,3)10-16/h11,16H,4-10H2,1-3H3,(H,14,17). The molecule has 1 fully saturated rings. The van der Waals surface area contributed by atoms with E-state index in [1.807, 2.05) is 0 Å². The van der Waals surface area contributed by atoms with Gasteiger partial charge in [-0.3, -0.25) is 9.69 Å². The van der Waals surface area contributed by atoms with E-state index in [2.05, 4.69) is 31.0 Å². The Morgan fingerprint density at radius 2 is 2.12 bits per heavy atom. The van der Waals surface area contributed by atoms with E-state index >= 15 is 0 Å². The third-order valence-corrected chi connectivity index (χ3v) is 4.04. The molecular formula is C13H26N2O2. The van der Waals surface area contributed by atoms with Gasteiger partial charge >= 0.3 is 0 Å². The molecule has 17 heavy (non-hydrogen) atoms. The summed E-state index contributed by atoms with van der Waals surface area (Å²) in [6.45, 7) is 8.59. The zero-order chi connectivity index (χ0) is 12.9. The molecule has 4 nitrogen and oxygen atoms in total. The van der Waals surface area contributed by atoms with Crippen molar-refractivity contribution in [2.45, 2.75) is 46.1 Å². The fourth-order valence-corrected chi connectivity index (χ4v) is 2.56. The summed E-state index contributed by atoms with van der Waals surface area (Å²) in [6, 6.07) is 0.135. The molecule has 0 spiro atoms. The largest absolute Gasteiger partial charge is 0.396 e. The highest BCUT2D eigenvalue weighted by Crippen LogP contribution is 2.37. The van der Waals surface area contributed by atoms with Crippen molar-refractivity contribution in [2.24, 2.45) is 5.41 Å².